The van der Waals surface area contributed by atoms with Crippen molar-refractivity contribution >= 4 is 11.9 Å². The second-order valence-electron chi connectivity index (χ2n) is 5.91. The monoisotopic (exact) mass is 344 g/mol. The fraction of sp³-hybridized carbons (Fsp3) is 0.263. The van der Waals surface area contributed by atoms with E-state index >= 15 is 0 Å². The molecule has 3 N–H and O–H groups in total. The SMILES string of the molecule is CCOC(=O)c1cc(C(=O)O)cc(-c2cc(C(C)C)c(O)cc2O)c1. The minimum Gasteiger partial charge on any atom is -0.508 e. The molecule has 0 spiro atoms. The van der Waals surface area contributed by atoms with E-state index < -0.39 is 11.9 Å². The van der Waals surface area contributed by atoms with E-state index in [0.29, 0.717) is 16.7 Å². The average Bonchev–Trinajstić information content (AvgIpc) is 2.54. The minimum atomic E-state index is -1.20. The highest BCUT2D eigenvalue weighted by Gasteiger charge is 2.18. The van der Waals surface area contributed by atoms with Crippen LogP contribution in [-0.2, 0) is 4.74 Å². The number of hydrogen-bond donors (Lipinski definition) is 3. The summed E-state index contributed by atoms with van der Waals surface area (Å²) in [5, 5.41) is 29.4. The molecule has 0 unspecified atom stereocenters. The highest BCUT2D eigenvalue weighted by atomic mass is 16.5. The van der Waals surface area contributed by atoms with Gasteiger partial charge in [0, 0.05) is 11.6 Å². The molecule has 0 aliphatic carbocycles. The third-order valence-electron chi connectivity index (χ3n) is 3.77. The number of carboxylic acid groups (broad SMARTS) is 1. The molecular weight excluding hydrogens is 324 g/mol. The maximum absolute atomic E-state index is 12.0. The summed E-state index contributed by atoms with van der Waals surface area (Å²) in [5.74, 6) is -2.11. The molecule has 2 rings (SSSR count). The molecule has 2 aromatic rings. The standard InChI is InChI=1S/C19H20O6/c1-4-25-19(24)13-6-11(5-12(7-13)18(22)23)15-8-14(10(2)3)16(20)9-17(15)21/h5-10,20-21H,4H2,1-3H3,(H,22,23). The van der Waals surface area contributed by atoms with Crippen LogP contribution in [0.15, 0.2) is 30.3 Å². The van der Waals surface area contributed by atoms with Gasteiger partial charge in [-0.05, 0) is 48.2 Å². The molecule has 0 radical (unpaired) electrons. The van der Waals surface area contributed by atoms with Gasteiger partial charge in [-0.15, -0.1) is 0 Å². The third-order valence-corrected chi connectivity index (χ3v) is 3.77. The van der Waals surface area contributed by atoms with E-state index in [2.05, 4.69) is 0 Å². The van der Waals surface area contributed by atoms with Gasteiger partial charge in [-0.25, -0.2) is 9.59 Å². The van der Waals surface area contributed by atoms with Crippen molar-refractivity contribution in [3.63, 3.8) is 0 Å². The number of aromatic hydroxyl groups is 2. The Hall–Kier alpha value is -3.02. The first-order valence-corrected chi connectivity index (χ1v) is 7.86. The highest BCUT2D eigenvalue weighted by Crippen LogP contribution is 2.38. The number of esters is 1. The maximum Gasteiger partial charge on any atom is 0.338 e. The molecule has 0 aliphatic rings. The Morgan fingerprint density at radius 1 is 1.00 bits per heavy atom. The molecular formula is C19H20O6. The van der Waals surface area contributed by atoms with E-state index in [0.717, 1.165) is 0 Å². The van der Waals surface area contributed by atoms with Crippen LogP contribution in [0, 0.1) is 0 Å². The Balaban J connectivity index is 2.68. The largest absolute Gasteiger partial charge is 0.508 e. The highest BCUT2D eigenvalue weighted by molar-refractivity contribution is 5.97. The minimum absolute atomic E-state index is 0.00784. The summed E-state index contributed by atoms with van der Waals surface area (Å²) < 4.78 is 4.93. The molecule has 6 nitrogen and oxygen atoms in total. The van der Waals surface area contributed by atoms with E-state index in [1.165, 1.54) is 24.3 Å². The lowest BCUT2D eigenvalue weighted by Crippen LogP contribution is -2.07. The van der Waals surface area contributed by atoms with Crippen molar-refractivity contribution in [3.05, 3.63) is 47.0 Å². The summed E-state index contributed by atoms with van der Waals surface area (Å²) in [4.78, 5) is 23.4. The summed E-state index contributed by atoms with van der Waals surface area (Å²) in [6.45, 7) is 5.58. The van der Waals surface area contributed by atoms with Crippen LogP contribution in [0.2, 0.25) is 0 Å². The Kier molecular flexibility index (Phi) is 5.32. The van der Waals surface area contributed by atoms with Crippen LogP contribution in [0.5, 0.6) is 11.5 Å². The number of carboxylic acids is 1. The van der Waals surface area contributed by atoms with Crippen molar-refractivity contribution in [1.82, 2.24) is 0 Å². The maximum atomic E-state index is 12.0. The van der Waals surface area contributed by atoms with Crippen molar-refractivity contribution in [3.8, 4) is 22.6 Å². The Morgan fingerprint density at radius 2 is 1.64 bits per heavy atom. The second kappa shape index (κ2) is 7.25. The molecule has 2 aromatic carbocycles. The number of carbonyl (C=O) groups is 2. The number of rotatable bonds is 5. The fourth-order valence-electron chi connectivity index (χ4n) is 2.53. The van der Waals surface area contributed by atoms with Crippen molar-refractivity contribution < 1.29 is 29.6 Å². The number of phenolic OH excluding ortho intramolecular Hbond substituents is 2. The van der Waals surface area contributed by atoms with Gasteiger partial charge >= 0.3 is 11.9 Å². The van der Waals surface area contributed by atoms with E-state index in [9.17, 15) is 24.9 Å². The molecule has 132 valence electrons. The molecule has 0 bridgehead atoms. The van der Waals surface area contributed by atoms with Crippen LogP contribution in [0.25, 0.3) is 11.1 Å². The molecule has 0 saturated heterocycles. The first-order chi connectivity index (χ1) is 11.7. The summed E-state index contributed by atoms with van der Waals surface area (Å²) in [6.07, 6.45) is 0. The van der Waals surface area contributed by atoms with E-state index in [-0.39, 0.29) is 35.2 Å². The molecule has 0 aromatic heterocycles. The molecule has 0 saturated carbocycles. The Bertz CT molecular complexity index is 823. The molecule has 6 heteroatoms. The van der Waals surface area contributed by atoms with Gasteiger partial charge in [-0.1, -0.05) is 13.8 Å². The van der Waals surface area contributed by atoms with E-state index in [1.54, 1.807) is 13.0 Å². The molecule has 0 heterocycles. The van der Waals surface area contributed by atoms with Crippen LogP contribution in [-0.4, -0.2) is 33.9 Å². The zero-order chi connectivity index (χ0) is 18.7. The molecule has 0 aliphatic heterocycles. The van der Waals surface area contributed by atoms with Gasteiger partial charge in [0.1, 0.15) is 11.5 Å². The van der Waals surface area contributed by atoms with Gasteiger partial charge in [0.2, 0.25) is 0 Å². The predicted octanol–water partition coefficient (Wildman–Crippen LogP) is 3.76. The Morgan fingerprint density at radius 3 is 2.20 bits per heavy atom. The number of phenols is 2. The molecule has 0 atom stereocenters. The lowest BCUT2D eigenvalue weighted by molar-refractivity contribution is 0.0526. The van der Waals surface area contributed by atoms with Crippen molar-refractivity contribution in [1.29, 1.82) is 0 Å². The lowest BCUT2D eigenvalue weighted by atomic mass is 9.93. The molecule has 0 amide bonds. The summed E-state index contributed by atoms with van der Waals surface area (Å²) in [5.41, 5.74) is 1.26. The van der Waals surface area contributed by atoms with Crippen LogP contribution in [0.3, 0.4) is 0 Å². The number of carbonyl (C=O) groups excluding carboxylic acids is 1. The fourth-order valence-corrected chi connectivity index (χ4v) is 2.53. The van der Waals surface area contributed by atoms with Gasteiger partial charge in [0.25, 0.3) is 0 Å². The third kappa shape index (κ3) is 3.91. The number of ether oxygens (including phenoxy) is 1. The first-order valence-electron chi connectivity index (χ1n) is 7.86. The van der Waals surface area contributed by atoms with Gasteiger partial charge < -0.3 is 20.1 Å². The molecule has 25 heavy (non-hydrogen) atoms. The average molecular weight is 344 g/mol. The van der Waals surface area contributed by atoms with Crippen molar-refractivity contribution in [2.24, 2.45) is 0 Å². The predicted molar refractivity (Wildman–Crippen MR) is 92.2 cm³/mol. The lowest BCUT2D eigenvalue weighted by Gasteiger charge is -2.14. The Labute approximate surface area is 145 Å². The van der Waals surface area contributed by atoms with E-state index in [1.807, 2.05) is 13.8 Å². The van der Waals surface area contributed by atoms with Crippen LogP contribution >= 0.6 is 0 Å². The summed E-state index contributed by atoms with van der Waals surface area (Å²) in [7, 11) is 0. The van der Waals surface area contributed by atoms with Gasteiger partial charge in [0.15, 0.2) is 0 Å². The zero-order valence-corrected chi connectivity index (χ0v) is 14.2. The topological polar surface area (TPSA) is 104 Å². The van der Waals surface area contributed by atoms with Crippen molar-refractivity contribution in [2.45, 2.75) is 26.7 Å². The number of hydrogen-bond acceptors (Lipinski definition) is 5. The molecule has 0 fully saturated rings. The van der Waals surface area contributed by atoms with Crippen LogP contribution in [0.1, 0.15) is 53.0 Å². The van der Waals surface area contributed by atoms with Crippen LogP contribution < -0.4 is 0 Å². The first kappa shape index (κ1) is 18.3. The smallest absolute Gasteiger partial charge is 0.338 e. The number of benzene rings is 2. The zero-order valence-electron chi connectivity index (χ0n) is 14.2. The van der Waals surface area contributed by atoms with E-state index in [4.69, 9.17) is 4.74 Å². The van der Waals surface area contributed by atoms with Gasteiger partial charge in [0.05, 0.1) is 17.7 Å². The normalized spacial score (nSPS) is 10.7. The quantitative estimate of drug-likeness (QED) is 0.713. The van der Waals surface area contributed by atoms with Gasteiger partial charge in [-0.2, -0.15) is 0 Å². The second-order valence-corrected chi connectivity index (χ2v) is 5.91. The van der Waals surface area contributed by atoms with Crippen molar-refractivity contribution in [2.75, 3.05) is 6.61 Å². The summed E-state index contributed by atoms with van der Waals surface area (Å²) >= 11 is 0. The number of aromatic carboxylic acids is 1. The van der Waals surface area contributed by atoms with Crippen LogP contribution in [0.4, 0.5) is 0 Å². The van der Waals surface area contributed by atoms with Gasteiger partial charge in [-0.3, -0.25) is 0 Å². The summed E-state index contributed by atoms with van der Waals surface area (Å²) in [6, 6.07) is 6.85.